The quantitative estimate of drug-likeness (QED) is 0.198. The highest BCUT2D eigenvalue weighted by atomic mass is 16.5. The number of rotatable bonds is 4. The van der Waals surface area contributed by atoms with Crippen LogP contribution in [0.3, 0.4) is 0 Å². The smallest absolute Gasteiger partial charge is 0.197 e. The largest absolute Gasteiger partial charge is 0.457 e. The van der Waals surface area contributed by atoms with Crippen molar-refractivity contribution in [1.82, 2.24) is 9.97 Å². The highest BCUT2D eigenvalue weighted by Crippen LogP contribution is 2.33. The molecule has 6 nitrogen and oxygen atoms in total. The minimum Gasteiger partial charge on any atom is -0.457 e. The van der Waals surface area contributed by atoms with Crippen molar-refractivity contribution in [2.24, 2.45) is 0 Å². The number of aromatic amines is 2. The summed E-state index contributed by atoms with van der Waals surface area (Å²) in [5, 5.41) is 6.10. The predicted octanol–water partition coefficient (Wildman–Crippen LogP) is 9.57. The van der Waals surface area contributed by atoms with Gasteiger partial charge in [0.15, 0.2) is 10.9 Å². The lowest BCUT2D eigenvalue weighted by atomic mass is 10.0. The third-order valence-corrected chi connectivity index (χ3v) is 8.61. The monoisotopic (exact) mass is 596 g/mol. The Kier molecular flexibility index (Phi) is 5.70. The number of hydrogen-bond acceptors (Lipinski definition) is 4. The summed E-state index contributed by atoms with van der Waals surface area (Å²) in [6.45, 7) is 0. The number of hydrogen-bond donors (Lipinski definition) is 2. The van der Waals surface area contributed by atoms with E-state index < -0.39 is 0 Å². The summed E-state index contributed by atoms with van der Waals surface area (Å²) < 4.78 is 12.5. The summed E-state index contributed by atoms with van der Waals surface area (Å²) in [7, 11) is 0. The third-order valence-electron chi connectivity index (χ3n) is 8.61. The molecule has 2 heterocycles. The molecule has 0 spiro atoms. The van der Waals surface area contributed by atoms with Crippen LogP contribution in [0.1, 0.15) is 0 Å². The van der Waals surface area contributed by atoms with Crippen LogP contribution in [0, 0.1) is 0 Å². The maximum absolute atomic E-state index is 13.8. The van der Waals surface area contributed by atoms with Gasteiger partial charge in [-0.2, -0.15) is 0 Å². The van der Waals surface area contributed by atoms with E-state index in [1.54, 1.807) is 24.3 Å². The Labute approximate surface area is 261 Å². The zero-order chi connectivity index (χ0) is 30.8. The lowest BCUT2D eigenvalue weighted by Crippen LogP contribution is -2.08. The zero-order valence-electron chi connectivity index (χ0n) is 24.3. The summed E-state index contributed by atoms with van der Waals surface area (Å²) in [6.07, 6.45) is 0. The first kappa shape index (κ1) is 26.0. The van der Waals surface area contributed by atoms with E-state index in [4.69, 9.17) is 9.47 Å². The van der Waals surface area contributed by atoms with Crippen molar-refractivity contribution in [3.05, 3.63) is 154 Å². The number of ether oxygens (including phenoxy) is 2. The minimum absolute atomic E-state index is 0.145. The minimum atomic E-state index is -0.145. The van der Waals surface area contributed by atoms with Gasteiger partial charge in [-0.25, -0.2) is 0 Å². The van der Waals surface area contributed by atoms with Crippen molar-refractivity contribution in [3.8, 4) is 23.0 Å². The van der Waals surface area contributed by atoms with Crippen LogP contribution in [0.2, 0.25) is 0 Å². The molecule has 7 aromatic carbocycles. The average Bonchev–Trinajstić information content (AvgIpc) is 3.09. The van der Waals surface area contributed by atoms with Crippen LogP contribution < -0.4 is 20.3 Å². The van der Waals surface area contributed by atoms with Crippen LogP contribution in [0.4, 0.5) is 0 Å². The van der Waals surface area contributed by atoms with E-state index in [0.29, 0.717) is 55.1 Å². The van der Waals surface area contributed by atoms with Crippen LogP contribution in [0.25, 0.3) is 65.2 Å². The Balaban J connectivity index is 1.13. The lowest BCUT2D eigenvalue weighted by molar-refractivity contribution is 0.489. The molecule has 2 N–H and O–H groups in total. The Bertz CT molecular complexity index is 2610. The van der Waals surface area contributed by atoms with E-state index in [1.807, 2.05) is 109 Å². The summed E-state index contributed by atoms with van der Waals surface area (Å²) in [5.41, 5.74) is 2.19. The topological polar surface area (TPSA) is 84.2 Å². The number of aromatic nitrogens is 2. The molecule has 2 aromatic heterocycles. The molecular formula is C40H24N2O4. The van der Waals surface area contributed by atoms with Crippen molar-refractivity contribution >= 4 is 65.2 Å². The maximum Gasteiger partial charge on any atom is 0.197 e. The molecule has 0 atom stereocenters. The average molecular weight is 597 g/mol. The Hall–Kier alpha value is -6.40. The second-order valence-electron chi connectivity index (χ2n) is 11.4. The van der Waals surface area contributed by atoms with Gasteiger partial charge in [-0.1, -0.05) is 72.8 Å². The third kappa shape index (κ3) is 4.19. The molecule has 46 heavy (non-hydrogen) atoms. The molecule has 0 fully saturated rings. The van der Waals surface area contributed by atoms with Gasteiger partial charge in [0.05, 0.1) is 22.1 Å². The summed E-state index contributed by atoms with van der Waals surface area (Å²) in [4.78, 5) is 34.4. The van der Waals surface area contributed by atoms with E-state index in [9.17, 15) is 9.59 Å². The molecule has 9 aromatic rings. The molecule has 0 radical (unpaired) electrons. The van der Waals surface area contributed by atoms with Gasteiger partial charge in [0.2, 0.25) is 0 Å². The number of fused-ring (bicyclic) bond motifs is 6. The van der Waals surface area contributed by atoms with Gasteiger partial charge in [0, 0.05) is 32.3 Å². The zero-order valence-corrected chi connectivity index (χ0v) is 24.3. The summed E-state index contributed by atoms with van der Waals surface area (Å²) in [5.74, 6) is 2.57. The van der Waals surface area contributed by atoms with Crippen molar-refractivity contribution in [2.45, 2.75) is 0 Å². The van der Waals surface area contributed by atoms with Gasteiger partial charge in [-0.15, -0.1) is 0 Å². The van der Waals surface area contributed by atoms with Gasteiger partial charge >= 0.3 is 0 Å². The van der Waals surface area contributed by atoms with E-state index >= 15 is 0 Å². The molecule has 0 aliphatic carbocycles. The van der Waals surface area contributed by atoms with Gasteiger partial charge in [0.25, 0.3) is 0 Å². The first-order valence-corrected chi connectivity index (χ1v) is 15.0. The summed E-state index contributed by atoms with van der Waals surface area (Å²) in [6, 6.07) is 42.2. The number of H-pyrrole nitrogens is 2. The van der Waals surface area contributed by atoms with E-state index in [-0.39, 0.29) is 10.9 Å². The predicted molar refractivity (Wildman–Crippen MR) is 186 cm³/mol. The fourth-order valence-electron chi connectivity index (χ4n) is 6.35. The van der Waals surface area contributed by atoms with E-state index in [1.165, 1.54) is 0 Å². The normalized spacial score (nSPS) is 11.7. The summed E-state index contributed by atoms with van der Waals surface area (Å²) >= 11 is 0. The molecule has 0 saturated carbocycles. The van der Waals surface area contributed by atoms with Gasteiger partial charge in [-0.05, 0) is 71.4 Å². The lowest BCUT2D eigenvalue weighted by Gasteiger charge is -2.11. The fourth-order valence-corrected chi connectivity index (χ4v) is 6.35. The molecule has 0 amide bonds. The van der Waals surface area contributed by atoms with Crippen LogP contribution in [-0.2, 0) is 0 Å². The molecular weight excluding hydrogens is 572 g/mol. The molecule has 0 aliphatic heterocycles. The first-order valence-electron chi connectivity index (χ1n) is 15.0. The van der Waals surface area contributed by atoms with Gasteiger partial charge < -0.3 is 19.4 Å². The second kappa shape index (κ2) is 10.1. The van der Waals surface area contributed by atoms with Crippen molar-refractivity contribution in [1.29, 1.82) is 0 Å². The molecule has 0 unspecified atom stereocenters. The standard InChI is InChI=1S/C40H24N2O4/c43-39-29-19-25(45-37-13-5-9-23-7-1-3-11-27(23)37)15-17-33(29)41-35-22-32-36(21-31(35)39)42-34-18-16-26(20-30(34)40(32)44)46-38-14-6-10-24-8-2-4-12-28(24)38/h1-22H,(H,41,43)(H,42,44). The Morgan fingerprint density at radius 2 is 0.783 bits per heavy atom. The highest BCUT2D eigenvalue weighted by Gasteiger charge is 2.14. The van der Waals surface area contributed by atoms with Crippen LogP contribution in [-0.4, -0.2) is 9.97 Å². The molecule has 0 bridgehead atoms. The molecule has 0 aliphatic rings. The van der Waals surface area contributed by atoms with E-state index in [2.05, 4.69) is 9.97 Å². The van der Waals surface area contributed by atoms with Crippen molar-refractivity contribution in [3.63, 3.8) is 0 Å². The SMILES string of the molecule is O=c1c2cc(Oc3cccc4ccccc34)ccc2[nH]c2cc3c(=O)c4cc(Oc5cccc6ccccc56)ccc4[nH]c3cc12. The molecule has 6 heteroatoms. The highest BCUT2D eigenvalue weighted by molar-refractivity contribution is 6.03. The van der Waals surface area contributed by atoms with E-state index in [0.717, 1.165) is 33.0 Å². The maximum atomic E-state index is 13.8. The number of nitrogens with one attached hydrogen (secondary N) is 2. The number of pyridine rings is 2. The van der Waals surface area contributed by atoms with Crippen molar-refractivity contribution in [2.75, 3.05) is 0 Å². The van der Waals surface area contributed by atoms with Gasteiger partial charge in [0.1, 0.15) is 23.0 Å². The van der Waals surface area contributed by atoms with Gasteiger partial charge in [-0.3, -0.25) is 9.59 Å². The van der Waals surface area contributed by atoms with Crippen LogP contribution in [0.15, 0.2) is 143 Å². The molecule has 9 rings (SSSR count). The molecule has 0 saturated heterocycles. The Morgan fingerprint density at radius 1 is 0.370 bits per heavy atom. The van der Waals surface area contributed by atoms with Crippen molar-refractivity contribution < 1.29 is 9.47 Å². The number of benzene rings is 7. The Morgan fingerprint density at radius 3 is 1.26 bits per heavy atom. The molecule has 218 valence electrons. The fraction of sp³-hybridized carbons (Fsp3) is 0. The second-order valence-corrected chi connectivity index (χ2v) is 11.4. The van der Waals surface area contributed by atoms with Crippen LogP contribution >= 0.6 is 0 Å². The van der Waals surface area contributed by atoms with Crippen LogP contribution in [0.5, 0.6) is 23.0 Å². The first-order chi connectivity index (χ1) is 22.6.